The van der Waals surface area contributed by atoms with Crippen molar-refractivity contribution in [3.05, 3.63) is 15.8 Å². The number of primary sulfonamides is 1. The zero-order valence-electron chi connectivity index (χ0n) is 11.6. The number of amides is 1. The molecule has 0 radical (unpaired) electrons. The van der Waals surface area contributed by atoms with Crippen molar-refractivity contribution >= 4 is 27.3 Å². The number of carbonyl (C=O) groups excluding carboxylic acids is 1. The molecule has 0 aliphatic carbocycles. The molecule has 1 atom stereocenters. The highest BCUT2D eigenvalue weighted by molar-refractivity contribution is 7.89. The Morgan fingerprint density at radius 3 is 2.42 bits per heavy atom. The number of sulfonamides is 1. The molecule has 0 saturated heterocycles. The second-order valence-electron chi connectivity index (χ2n) is 5.08. The smallest absolute Gasteiger partial charge is 0.261 e. The lowest BCUT2D eigenvalue weighted by Gasteiger charge is -2.15. The van der Waals surface area contributed by atoms with Crippen LogP contribution in [-0.4, -0.2) is 20.4 Å². The lowest BCUT2D eigenvalue weighted by atomic mass is 10.1. The van der Waals surface area contributed by atoms with Gasteiger partial charge in [-0.25, -0.2) is 13.6 Å². The van der Waals surface area contributed by atoms with Crippen molar-refractivity contribution < 1.29 is 13.2 Å². The predicted octanol–water partition coefficient (Wildman–Crippen LogP) is 1.87. The molecule has 1 rings (SSSR count). The van der Waals surface area contributed by atoms with Crippen LogP contribution in [0.2, 0.25) is 0 Å². The fourth-order valence-corrected chi connectivity index (χ4v) is 3.97. The Balaban J connectivity index is 2.85. The molecule has 1 heterocycles. The summed E-state index contributed by atoms with van der Waals surface area (Å²) in [5.41, 5.74) is 0. The minimum Gasteiger partial charge on any atom is -0.349 e. The summed E-state index contributed by atoms with van der Waals surface area (Å²) < 4.78 is 22.6. The SMILES string of the molecule is Cc1sc(C(=O)NC(C)CC(C)C)cc1S(N)(=O)=O. The van der Waals surface area contributed by atoms with E-state index in [4.69, 9.17) is 5.14 Å². The maximum absolute atomic E-state index is 12.0. The average molecular weight is 304 g/mol. The fraction of sp³-hybridized carbons (Fsp3) is 0.583. The fourth-order valence-electron chi connectivity index (χ4n) is 1.92. The van der Waals surface area contributed by atoms with Crippen molar-refractivity contribution in [1.29, 1.82) is 0 Å². The number of thiophene rings is 1. The van der Waals surface area contributed by atoms with Crippen LogP contribution in [0.5, 0.6) is 0 Å². The highest BCUT2D eigenvalue weighted by Gasteiger charge is 2.20. The zero-order chi connectivity index (χ0) is 14.8. The maximum atomic E-state index is 12.0. The molecule has 0 spiro atoms. The van der Waals surface area contributed by atoms with Crippen LogP contribution in [0.4, 0.5) is 0 Å². The summed E-state index contributed by atoms with van der Waals surface area (Å²) in [6, 6.07) is 1.39. The first-order valence-electron chi connectivity index (χ1n) is 6.05. The molecule has 0 aliphatic heterocycles. The van der Waals surface area contributed by atoms with Crippen LogP contribution < -0.4 is 10.5 Å². The second kappa shape index (κ2) is 6.02. The Hall–Kier alpha value is -0.920. The van der Waals surface area contributed by atoms with Crippen molar-refractivity contribution in [3.8, 4) is 0 Å². The van der Waals surface area contributed by atoms with E-state index in [9.17, 15) is 13.2 Å². The number of carbonyl (C=O) groups is 1. The van der Waals surface area contributed by atoms with Gasteiger partial charge in [0.25, 0.3) is 5.91 Å². The molecule has 1 aromatic heterocycles. The standard InChI is InChI=1S/C12H20N2O3S2/c1-7(2)5-8(3)14-12(15)10-6-11(9(4)18-10)19(13,16)17/h6-8H,5H2,1-4H3,(H,14,15)(H2,13,16,17). The van der Waals surface area contributed by atoms with Crippen molar-refractivity contribution in [3.63, 3.8) is 0 Å². The zero-order valence-corrected chi connectivity index (χ0v) is 13.2. The van der Waals surface area contributed by atoms with Crippen LogP contribution in [0.3, 0.4) is 0 Å². The van der Waals surface area contributed by atoms with Gasteiger partial charge in [-0.1, -0.05) is 13.8 Å². The number of rotatable bonds is 5. The third-order valence-corrected chi connectivity index (χ3v) is 4.82. The van der Waals surface area contributed by atoms with E-state index in [1.165, 1.54) is 6.07 Å². The largest absolute Gasteiger partial charge is 0.349 e. The van der Waals surface area contributed by atoms with Gasteiger partial charge in [-0.15, -0.1) is 11.3 Å². The van der Waals surface area contributed by atoms with E-state index < -0.39 is 10.0 Å². The van der Waals surface area contributed by atoms with Gasteiger partial charge < -0.3 is 5.32 Å². The Bertz CT molecular complexity index is 562. The number of hydrogen-bond acceptors (Lipinski definition) is 4. The summed E-state index contributed by atoms with van der Waals surface area (Å²) in [6.45, 7) is 7.73. The molecule has 1 amide bonds. The van der Waals surface area contributed by atoms with Crippen LogP contribution in [0.1, 0.15) is 41.7 Å². The van der Waals surface area contributed by atoms with E-state index in [1.54, 1.807) is 6.92 Å². The Kier molecular flexibility index (Phi) is 5.11. The van der Waals surface area contributed by atoms with Crippen LogP contribution >= 0.6 is 11.3 Å². The molecule has 0 aliphatic rings. The van der Waals surface area contributed by atoms with Gasteiger partial charge in [0.1, 0.15) is 0 Å². The molecule has 7 heteroatoms. The van der Waals surface area contributed by atoms with Gasteiger partial charge in [0.15, 0.2) is 0 Å². The first-order chi connectivity index (χ1) is 8.61. The molecule has 1 unspecified atom stereocenters. The topological polar surface area (TPSA) is 89.3 Å². The summed E-state index contributed by atoms with van der Waals surface area (Å²) in [7, 11) is -3.76. The number of hydrogen-bond donors (Lipinski definition) is 2. The first kappa shape index (κ1) is 16.1. The highest BCUT2D eigenvalue weighted by atomic mass is 32.2. The van der Waals surface area contributed by atoms with Crippen LogP contribution in [0.25, 0.3) is 0 Å². The maximum Gasteiger partial charge on any atom is 0.261 e. The Labute approximate surface area is 118 Å². The summed E-state index contributed by atoms with van der Waals surface area (Å²) >= 11 is 1.14. The first-order valence-corrected chi connectivity index (χ1v) is 8.41. The van der Waals surface area contributed by atoms with E-state index >= 15 is 0 Å². The lowest BCUT2D eigenvalue weighted by Crippen LogP contribution is -2.33. The van der Waals surface area contributed by atoms with Gasteiger partial charge in [0, 0.05) is 10.9 Å². The van der Waals surface area contributed by atoms with Crippen LogP contribution in [-0.2, 0) is 10.0 Å². The number of nitrogens with two attached hydrogens (primary N) is 1. The summed E-state index contributed by atoms with van der Waals surface area (Å²) in [4.78, 5) is 12.9. The van der Waals surface area contributed by atoms with Crippen molar-refractivity contribution in [1.82, 2.24) is 5.32 Å². The summed E-state index contributed by atoms with van der Waals surface area (Å²) in [6.07, 6.45) is 0.873. The van der Waals surface area contributed by atoms with Crippen LogP contribution in [0.15, 0.2) is 11.0 Å². The molecular weight excluding hydrogens is 284 g/mol. The van der Waals surface area contributed by atoms with E-state index in [-0.39, 0.29) is 16.8 Å². The number of nitrogens with one attached hydrogen (secondary N) is 1. The van der Waals surface area contributed by atoms with Gasteiger partial charge in [0.2, 0.25) is 10.0 Å². The Morgan fingerprint density at radius 2 is 2.00 bits per heavy atom. The summed E-state index contributed by atoms with van der Waals surface area (Å²) in [5, 5.41) is 7.94. The van der Waals surface area contributed by atoms with Crippen molar-refractivity contribution in [2.45, 2.75) is 45.1 Å². The monoisotopic (exact) mass is 304 g/mol. The molecule has 0 bridgehead atoms. The molecule has 108 valence electrons. The quantitative estimate of drug-likeness (QED) is 0.870. The van der Waals surface area contributed by atoms with Gasteiger partial charge in [0.05, 0.1) is 9.77 Å². The molecule has 5 nitrogen and oxygen atoms in total. The Morgan fingerprint density at radius 1 is 1.42 bits per heavy atom. The molecule has 0 fully saturated rings. The van der Waals surface area contributed by atoms with E-state index in [2.05, 4.69) is 19.2 Å². The molecule has 0 saturated carbocycles. The van der Waals surface area contributed by atoms with Crippen LogP contribution in [0, 0.1) is 12.8 Å². The minimum absolute atomic E-state index is 0.0270. The highest BCUT2D eigenvalue weighted by Crippen LogP contribution is 2.24. The number of aryl methyl sites for hydroxylation is 1. The average Bonchev–Trinajstić information content (AvgIpc) is 2.58. The molecular formula is C12H20N2O3S2. The van der Waals surface area contributed by atoms with E-state index in [0.717, 1.165) is 17.8 Å². The van der Waals surface area contributed by atoms with Crippen molar-refractivity contribution in [2.75, 3.05) is 0 Å². The normalized spacial score (nSPS) is 13.6. The molecule has 0 aromatic carbocycles. The minimum atomic E-state index is -3.76. The van der Waals surface area contributed by atoms with Gasteiger partial charge >= 0.3 is 0 Å². The summed E-state index contributed by atoms with van der Waals surface area (Å²) in [5.74, 6) is 0.233. The third-order valence-electron chi connectivity index (χ3n) is 2.60. The third kappa shape index (κ3) is 4.59. The van der Waals surface area contributed by atoms with Gasteiger partial charge in [-0.3, -0.25) is 4.79 Å². The predicted molar refractivity (Wildman–Crippen MR) is 76.8 cm³/mol. The second-order valence-corrected chi connectivity index (χ2v) is 7.87. The molecule has 3 N–H and O–H groups in total. The molecule has 19 heavy (non-hydrogen) atoms. The van der Waals surface area contributed by atoms with Gasteiger partial charge in [-0.05, 0) is 32.3 Å². The van der Waals surface area contributed by atoms with Gasteiger partial charge in [-0.2, -0.15) is 0 Å². The van der Waals surface area contributed by atoms with E-state index in [0.29, 0.717) is 15.7 Å². The van der Waals surface area contributed by atoms with Crippen molar-refractivity contribution in [2.24, 2.45) is 11.1 Å². The lowest BCUT2D eigenvalue weighted by molar-refractivity contribution is 0.0940. The van der Waals surface area contributed by atoms with E-state index in [1.807, 2.05) is 6.92 Å². The molecule has 1 aromatic rings.